The normalized spacial score (nSPS) is 11.2. The summed E-state index contributed by atoms with van der Waals surface area (Å²) in [5, 5.41) is 0. The van der Waals surface area contributed by atoms with Crippen LogP contribution in [0.15, 0.2) is 102 Å². The topological polar surface area (TPSA) is 80.8 Å². The van der Waals surface area contributed by atoms with E-state index in [0.717, 1.165) is 16.7 Å². The molecule has 200 valence electrons. The highest BCUT2D eigenvalue weighted by atomic mass is 32.2. The zero-order chi connectivity index (χ0) is 28.0. The molecule has 0 unspecified atom stereocenters. The summed E-state index contributed by atoms with van der Waals surface area (Å²) in [6.45, 7) is 0. The SMILES string of the molecule is COc1ccc(-c2cccc(C(=O)N(C)C)c2)cc1S(=O)(=O)Cc1cccc(CC(=O)Cc2ccccc2)c1. The fourth-order valence-corrected chi connectivity index (χ4v) is 5.97. The molecule has 0 aliphatic heterocycles. The van der Waals surface area contributed by atoms with Crippen LogP contribution in [0.2, 0.25) is 0 Å². The molecular formula is C32H31NO5S. The second-order valence-corrected chi connectivity index (χ2v) is 11.6. The lowest BCUT2D eigenvalue weighted by Crippen LogP contribution is -2.21. The minimum Gasteiger partial charge on any atom is -0.495 e. The van der Waals surface area contributed by atoms with Crippen LogP contribution in [0.1, 0.15) is 27.0 Å². The Labute approximate surface area is 229 Å². The van der Waals surface area contributed by atoms with Crippen molar-refractivity contribution in [1.82, 2.24) is 4.90 Å². The second-order valence-electron chi connectivity index (χ2n) is 9.60. The minimum absolute atomic E-state index is 0.0607. The molecule has 0 fully saturated rings. The number of ether oxygens (including phenoxy) is 1. The van der Waals surface area contributed by atoms with E-state index in [-0.39, 0.29) is 34.5 Å². The van der Waals surface area contributed by atoms with Crippen molar-refractivity contribution in [2.24, 2.45) is 0 Å². The molecule has 0 radical (unpaired) electrons. The van der Waals surface area contributed by atoms with Gasteiger partial charge in [-0.15, -0.1) is 0 Å². The molecule has 0 aliphatic carbocycles. The lowest BCUT2D eigenvalue weighted by atomic mass is 10.0. The van der Waals surface area contributed by atoms with Gasteiger partial charge >= 0.3 is 0 Å². The van der Waals surface area contributed by atoms with Crippen molar-refractivity contribution in [3.8, 4) is 16.9 Å². The van der Waals surface area contributed by atoms with Crippen LogP contribution in [0.25, 0.3) is 11.1 Å². The maximum Gasteiger partial charge on any atom is 0.253 e. The summed E-state index contributed by atoms with van der Waals surface area (Å²) < 4.78 is 32.6. The number of nitrogens with zero attached hydrogens (tertiary/aromatic N) is 1. The molecule has 1 amide bonds. The Kier molecular flexibility index (Phi) is 8.62. The number of carbonyl (C=O) groups is 2. The largest absolute Gasteiger partial charge is 0.495 e. The first-order chi connectivity index (χ1) is 18.7. The molecular weight excluding hydrogens is 510 g/mol. The molecule has 4 rings (SSSR count). The zero-order valence-corrected chi connectivity index (χ0v) is 23.1. The summed E-state index contributed by atoms with van der Waals surface area (Å²) in [6, 6.07) is 28.7. The van der Waals surface area contributed by atoms with Crippen LogP contribution >= 0.6 is 0 Å². The first-order valence-electron chi connectivity index (χ1n) is 12.5. The first-order valence-corrected chi connectivity index (χ1v) is 14.2. The number of amides is 1. The predicted octanol–water partition coefficient (Wildman–Crippen LogP) is 5.39. The van der Waals surface area contributed by atoms with E-state index >= 15 is 0 Å². The zero-order valence-electron chi connectivity index (χ0n) is 22.3. The fourth-order valence-electron chi connectivity index (χ4n) is 4.43. The van der Waals surface area contributed by atoms with Crippen LogP contribution in [0.3, 0.4) is 0 Å². The standard InChI is InChI=1S/C32H31NO5S/c1-33(2)32(35)28-14-8-13-26(20-28)27-15-16-30(38-3)31(21-27)39(36,37)22-25-12-7-11-24(17-25)19-29(34)18-23-9-5-4-6-10-23/h4-17,20-21H,18-19,22H2,1-3H3. The number of benzene rings is 4. The molecule has 0 saturated carbocycles. The van der Waals surface area contributed by atoms with Gasteiger partial charge in [0.05, 0.1) is 12.9 Å². The molecule has 0 aliphatic rings. The van der Waals surface area contributed by atoms with E-state index in [1.54, 1.807) is 68.7 Å². The van der Waals surface area contributed by atoms with Crippen molar-refractivity contribution in [3.05, 3.63) is 119 Å². The molecule has 0 aromatic heterocycles. The number of hydrogen-bond donors (Lipinski definition) is 0. The summed E-state index contributed by atoms with van der Waals surface area (Å²) in [5.74, 6) is -0.0773. The van der Waals surface area contributed by atoms with Crippen molar-refractivity contribution in [2.75, 3.05) is 21.2 Å². The third kappa shape index (κ3) is 7.00. The maximum atomic E-state index is 13.6. The number of carbonyl (C=O) groups excluding carboxylic acids is 2. The summed E-state index contributed by atoms with van der Waals surface area (Å²) in [5.41, 5.74) is 4.20. The van der Waals surface area contributed by atoms with Gasteiger partial charge in [0.2, 0.25) is 0 Å². The van der Waals surface area contributed by atoms with Crippen molar-refractivity contribution >= 4 is 21.5 Å². The highest BCUT2D eigenvalue weighted by molar-refractivity contribution is 7.90. The highest BCUT2D eigenvalue weighted by Crippen LogP contribution is 2.32. The van der Waals surface area contributed by atoms with Crippen LogP contribution in [0, 0.1) is 0 Å². The van der Waals surface area contributed by atoms with E-state index in [9.17, 15) is 18.0 Å². The Hall–Kier alpha value is -4.23. The van der Waals surface area contributed by atoms with Crippen LogP contribution < -0.4 is 4.74 Å². The van der Waals surface area contributed by atoms with Crippen molar-refractivity contribution in [1.29, 1.82) is 0 Å². The summed E-state index contributed by atoms with van der Waals surface area (Å²) in [4.78, 5) is 26.6. The first kappa shape index (κ1) is 27.8. The van der Waals surface area contributed by atoms with Gasteiger partial charge in [-0.05, 0) is 52.1 Å². The maximum absolute atomic E-state index is 13.6. The predicted molar refractivity (Wildman–Crippen MR) is 153 cm³/mol. The Morgan fingerprint density at radius 2 is 1.36 bits per heavy atom. The van der Waals surface area contributed by atoms with Crippen LogP contribution in [0.4, 0.5) is 0 Å². The van der Waals surface area contributed by atoms with E-state index in [2.05, 4.69) is 0 Å². The van der Waals surface area contributed by atoms with E-state index in [1.807, 2.05) is 42.5 Å². The Balaban J connectivity index is 1.58. The van der Waals surface area contributed by atoms with Gasteiger partial charge in [0.25, 0.3) is 5.91 Å². The number of hydrogen-bond acceptors (Lipinski definition) is 5. The van der Waals surface area contributed by atoms with Crippen molar-refractivity contribution in [3.63, 3.8) is 0 Å². The molecule has 4 aromatic rings. The van der Waals surface area contributed by atoms with Gasteiger partial charge in [-0.1, -0.05) is 72.8 Å². The molecule has 4 aromatic carbocycles. The quantitative estimate of drug-likeness (QED) is 0.269. The van der Waals surface area contributed by atoms with Crippen molar-refractivity contribution < 1.29 is 22.7 Å². The Morgan fingerprint density at radius 1 is 0.718 bits per heavy atom. The fraction of sp³-hybridized carbons (Fsp3) is 0.188. The molecule has 0 spiro atoms. The van der Waals surface area contributed by atoms with Gasteiger partial charge in [0.1, 0.15) is 16.4 Å². The number of sulfone groups is 1. The highest BCUT2D eigenvalue weighted by Gasteiger charge is 2.22. The van der Waals surface area contributed by atoms with Gasteiger partial charge in [-0.3, -0.25) is 9.59 Å². The lowest BCUT2D eigenvalue weighted by molar-refractivity contribution is -0.117. The van der Waals surface area contributed by atoms with E-state index < -0.39 is 9.84 Å². The Bertz CT molecular complexity index is 1590. The van der Waals surface area contributed by atoms with Gasteiger partial charge in [-0.2, -0.15) is 0 Å². The minimum atomic E-state index is -3.81. The van der Waals surface area contributed by atoms with E-state index in [1.165, 1.54) is 12.0 Å². The molecule has 0 saturated heterocycles. The molecule has 0 bridgehead atoms. The third-order valence-corrected chi connectivity index (χ3v) is 8.04. The number of rotatable bonds is 10. The lowest BCUT2D eigenvalue weighted by Gasteiger charge is -2.14. The van der Waals surface area contributed by atoms with Crippen LogP contribution in [0.5, 0.6) is 5.75 Å². The Morgan fingerprint density at radius 3 is 2.08 bits per heavy atom. The van der Waals surface area contributed by atoms with Crippen LogP contribution in [-0.4, -0.2) is 46.2 Å². The molecule has 0 atom stereocenters. The van der Waals surface area contributed by atoms with Gasteiger partial charge in [0, 0.05) is 32.5 Å². The van der Waals surface area contributed by atoms with Gasteiger partial charge < -0.3 is 9.64 Å². The number of Topliss-reactive ketones (excluding diaryl/α,β-unsaturated/α-hetero) is 1. The van der Waals surface area contributed by atoms with Gasteiger partial charge in [-0.25, -0.2) is 8.42 Å². The molecule has 7 heteroatoms. The van der Waals surface area contributed by atoms with Crippen molar-refractivity contribution in [2.45, 2.75) is 23.5 Å². The monoisotopic (exact) mass is 541 g/mol. The second kappa shape index (κ2) is 12.1. The smallest absolute Gasteiger partial charge is 0.253 e. The number of methoxy groups -OCH3 is 1. The van der Waals surface area contributed by atoms with Gasteiger partial charge in [0.15, 0.2) is 9.84 Å². The third-order valence-electron chi connectivity index (χ3n) is 6.34. The van der Waals surface area contributed by atoms with E-state index in [0.29, 0.717) is 23.1 Å². The summed E-state index contributed by atoms with van der Waals surface area (Å²) in [6.07, 6.45) is 0.554. The average Bonchev–Trinajstić information content (AvgIpc) is 2.92. The summed E-state index contributed by atoms with van der Waals surface area (Å²) >= 11 is 0. The molecule has 6 nitrogen and oxygen atoms in total. The van der Waals surface area contributed by atoms with E-state index in [4.69, 9.17) is 4.74 Å². The molecule has 0 heterocycles. The van der Waals surface area contributed by atoms with Crippen LogP contribution in [-0.2, 0) is 33.2 Å². The summed E-state index contributed by atoms with van der Waals surface area (Å²) in [7, 11) is 0.992. The molecule has 0 N–H and O–H groups in total. The molecule has 39 heavy (non-hydrogen) atoms. The average molecular weight is 542 g/mol. The number of ketones is 1.